The van der Waals surface area contributed by atoms with Crippen molar-refractivity contribution in [1.29, 1.82) is 0 Å². The standard InChI is InChI=1S/C10H10N4O2/c1-14-12-9(11-13-14)8(10(15)16)7-5-3-2-4-6-7/h2-6,8H,1H3,(H,15,16). The van der Waals surface area contributed by atoms with Gasteiger partial charge in [0.2, 0.25) is 0 Å². The van der Waals surface area contributed by atoms with Crippen molar-refractivity contribution in [2.75, 3.05) is 0 Å². The largest absolute Gasteiger partial charge is 0.480 e. The van der Waals surface area contributed by atoms with E-state index in [4.69, 9.17) is 0 Å². The van der Waals surface area contributed by atoms with Crippen LogP contribution in [0.1, 0.15) is 17.3 Å². The van der Waals surface area contributed by atoms with Gasteiger partial charge < -0.3 is 5.11 Å². The highest BCUT2D eigenvalue weighted by Crippen LogP contribution is 2.20. The molecule has 1 unspecified atom stereocenters. The van der Waals surface area contributed by atoms with Crippen LogP contribution in [0.2, 0.25) is 0 Å². The highest BCUT2D eigenvalue weighted by molar-refractivity contribution is 5.79. The molecule has 6 heteroatoms. The number of aromatic nitrogens is 4. The molecule has 2 aromatic rings. The summed E-state index contributed by atoms with van der Waals surface area (Å²) < 4.78 is 0. The molecule has 1 aromatic heterocycles. The monoisotopic (exact) mass is 218 g/mol. The Hall–Kier alpha value is -2.24. The van der Waals surface area contributed by atoms with Crippen molar-refractivity contribution in [3.05, 3.63) is 41.7 Å². The molecule has 0 spiro atoms. The number of hydrogen-bond acceptors (Lipinski definition) is 4. The van der Waals surface area contributed by atoms with Crippen LogP contribution in [0.3, 0.4) is 0 Å². The third-order valence-electron chi connectivity index (χ3n) is 2.16. The maximum Gasteiger partial charge on any atom is 0.318 e. The zero-order chi connectivity index (χ0) is 11.5. The van der Waals surface area contributed by atoms with Gasteiger partial charge in [0.1, 0.15) is 5.92 Å². The van der Waals surface area contributed by atoms with Crippen LogP contribution < -0.4 is 0 Å². The van der Waals surface area contributed by atoms with Crippen molar-refractivity contribution in [1.82, 2.24) is 20.2 Å². The van der Waals surface area contributed by atoms with E-state index in [9.17, 15) is 9.90 Å². The lowest BCUT2D eigenvalue weighted by molar-refractivity contribution is -0.137. The molecular formula is C10H10N4O2. The molecule has 1 atom stereocenters. The summed E-state index contributed by atoms with van der Waals surface area (Å²) >= 11 is 0. The van der Waals surface area contributed by atoms with Gasteiger partial charge in [-0.25, -0.2) is 0 Å². The minimum Gasteiger partial charge on any atom is -0.480 e. The first kappa shape index (κ1) is 10.3. The number of tetrazole rings is 1. The highest BCUT2D eigenvalue weighted by Gasteiger charge is 2.26. The molecule has 0 aliphatic rings. The Bertz CT molecular complexity index is 495. The van der Waals surface area contributed by atoms with Crippen molar-refractivity contribution in [2.45, 2.75) is 5.92 Å². The lowest BCUT2D eigenvalue weighted by Crippen LogP contribution is -2.15. The summed E-state index contributed by atoms with van der Waals surface area (Å²) in [7, 11) is 1.60. The highest BCUT2D eigenvalue weighted by atomic mass is 16.4. The van der Waals surface area contributed by atoms with Crippen LogP contribution in [-0.2, 0) is 11.8 Å². The zero-order valence-corrected chi connectivity index (χ0v) is 8.61. The van der Waals surface area contributed by atoms with Crippen LogP contribution in [0.5, 0.6) is 0 Å². The summed E-state index contributed by atoms with van der Waals surface area (Å²) in [5, 5.41) is 20.5. The molecule has 0 fully saturated rings. The summed E-state index contributed by atoms with van der Waals surface area (Å²) in [4.78, 5) is 12.4. The Kier molecular flexibility index (Phi) is 2.63. The fraction of sp³-hybridized carbons (Fsp3) is 0.200. The molecule has 1 heterocycles. The van der Waals surface area contributed by atoms with E-state index in [1.165, 1.54) is 4.80 Å². The number of nitrogens with zero attached hydrogens (tertiary/aromatic N) is 4. The first-order valence-electron chi connectivity index (χ1n) is 4.70. The molecule has 1 aromatic carbocycles. The second-order valence-electron chi connectivity index (χ2n) is 3.32. The van der Waals surface area contributed by atoms with E-state index >= 15 is 0 Å². The van der Waals surface area contributed by atoms with E-state index in [0.29, 0.717) is 5.56 Å². The Morgan fingerprint density at radius 3 is 2.56 bits per heavy atom. The minimum atomic E-state index is -0.987. The van der Waals surface area contributed by atoms with E-state index in [2.05, 4.69) is 15.4 Å². The summed E-state index contributed by atoms with van der Waals surface area (Å²) in [6.07, 6.45) is 0. The summed E-state index contributed by atoms with van der Waals surface area (Å²) in [5.74, 6) is -1.66. The molecule has 0 amide bonds. The van der Waals surface area contributed by atoms with Gasteiger partial charge in [-0.3, -0.25) is 4.79 Å². The van der Waals surface area contributed by atoms with Crippen molar-refractivity contribution in [3.8, 4) is 0 Å². The number of carboxylic acid groups (broad SMARTS) is 1. The number of aliphatic carboxylic acids is 1. The third-order valence-corrected chi connectivity index (χ3v) is 2.16. The van der Waals surface area contributed by atoms with Crippen molar-refractivity contribution in [3.63, 3.8) is 0 Å². The van der Waals surface area contributed by atoms with Gasteiger partial charge in [-0.2, -0.15) is 4.80 Å². The SMILES string of the molecule is Cn1nnc(C(C(=O)O)c2ccccc2)n1. The molecule has 0 aliphatic heterocycles. The van der Waals surface area contributed by atoms with Crippen molar-refractivity contribution >= 4 is 5.97 Å². The second-order valence-corrected chi connectivity index (χ2v) is 3.32. The van der Waals surface area contributed by atoms with Crippen LogP contribution in [-0.4, -0.2) is 31.3 Å². The van der Waals surface area contributed by atoms with Gasteiger partial charge >= 0.3 is 5.97 Å². The fourth-order valence-electron chi connectivity index (χ4n) is 1.46. The second kappa shape index (κ2) is 4.09. The van der Waals surface area contributed by atoms with Gasteiger partial charge in [0, 0.05) is 0 Å². The van der Waals surface area contributed by atoms with E-state index in [0.717, 1.165) is 0 Å². The Morgan fingerprint density at radius 2 is 2.06 bits per heavy atom. The van der Waals surface area contributed by atoms with E-state index < -0.39 is 11.9 Å². The molecule has 2 rings (SSSR count). The first-order valence-corrected chi connectivity index (χ1v) is 4.70. The average molecular weight is 218 g/mol. The van der Waals surface area contributed by atoms with Crippen LogP contribution in [0, 0.1) is 0 Å². The number of carbonyl (C=O) groups is 1. The Labute approximate surface area is 91.5 Å². The predicted octanol–water partition coefficient (Wildman–Crippen LogP) is 0.427. The third kappa shape index (κ3) is 1.90. The number of aryl methyl sites for hydroxylation is 1. The predicted molar refractivity (Wildman–Crippen MR) is 54.7 cm³/mol. The van der Waals surface area contributed by atoms with Crippen LogP contribution in [0.4, 0.5) is 0 Å². The molecule has 0 saturated carbocycles. The van der Waals surface area contributed by atoms with Gasteiger partial charge in [-0.15, -0.1) is 10.2 Å². The summed E-state index contributed by atoms with van der Waals surface area (Å²) in [6, 6.07) is 8.85. The fourth-order valence-corrected chi connectivity index (χ4v) is 1.46. The molecule has 6 nitrogen and oxygen atoms in total. The smallest absolute Gasteiger partial charge is 0.318 e. The lowest BCUT2D eigenvalue weighted by Gasteiger charge is -2.07. The summed E-state index contributed by atoms with van der Waals surface area (Å²) in [5.41, 5.74) is 0.642. The maximum absolute atomic E-state index is 11.2. The van der Waals surface area contributed by atoms with Crippen molar-refractivity contribution in [2.24, 2.45) is 7.05 Å². The molecule has 0 bridgehead atoms. The van der Waals surface area contributed by atoms with Gasteiger partial charge in [0.05, 0.1) is 7.05 Å². The maximum atomic E-state index is 11.2. The number of rotatable bonds is 3. The van der Waals surface area contributed by atoms with Crippen LogP contribution in [0.25, 0.3) is 0 Å². The molecule has 1 N–H and O–H groups in total. The van der Waals surface area contributed by atoms with Crippen LogP contribution >= 0.6 is 0 Å². The Morgan fingerprint density at radius 1 is 1.38 bits per heavy atom. The summed E-state index contributed by atoms with van der Waals surface area (Å²) in [6.45, 7) is 0. The number of hydrogen-bond donors (Lipinski definition) is 1. The van der Waals surface area contributed by atoms with Gasteiger partial charge in [-0.1, -0.05) is 30.3 Å². The quantitative estimate of drug-likeness (QED) is 0.807. The van der Waals surface area contributed by atoms with Gasteiger partial charge in [-0.05, 0) is 10.8 Å². The molecule has 82 valence electrons. The van der Waals surface area contributed by atoms with Crippen LogP contribution in [0.15, 0.2) is 30.3 Å². The first-order chi connectivity index (χ1) is 7.68. The average Bonchev–Trinajstić information content (AvgIpc) is 2.66. The molecule has 0 saturated heterocycles. The topological polar surface area (TPSA) is 80.9 Å². The molecular weight excluding hydrogens is 208 g/mol. The van der Waals surface area contributed by atoms with Gasteiger partial charge in [0.15, 0.2) is 5.82 Å². The van der Waals surface area contributed by atoms with E-state index in [-0.39, 0.29) is 5.82 Å². The lowest BCUT2D eigenvalue weighted by atomic mass is 9.99. The molecule has 0 aliphatic carbocycles. The van der Waals surface area contributed by atoms with Crippen molar-refractivity contribution < 1.29 is 9.90 Å². The Balaban J connectivity index is 2.43. The molecule has 0 radical (unpaired) electrons. The number of benzene rings is 1. The van der Waals surface area contributed by atoms with E-state index in [1.54, 1.807) is 31.3 Å². The zero-order valence-electron chi connectivity index (χ0n) is 8.61. The number of carboxylic acids is 1. The van der Waals surface area contributed by atoms with Gasteiger partial charge in [0.25, 0.3) is 0 Å². The molecule has 16 heavy (non-hydrogen) atoms. The van der Waals surface area contributed by atoms with E-state index in [1.807, 2.05) is 6.07 Å². The normalized spacial score (nSPS) is 12.3. The minimum absolute atomic E-state index is 0.196.